The fourth-order valence-electron chi connectivity index (χ4n) is 3.55. The molecule has 1 amide bonds. The van der Waals surface area contributed by atoms with Crippen LogP contribution in [0.4, 0.5) is 8.78 Å². The number of benzene rings is 1. The Morgan fingerprint density at radius 3 is 2.79 bits per heavy atom. The zero-order valence-corrected chi connectivity index (χ0v) is 14.2. The van der Waals surface area contributed by atoms with Gasteiger partial charge in [-0.3, -0.25) is 4.79 Å². The van der Waals surface area contributed by atoms with Crippen LogP contribution in [-0.2, 0) is 4.79 Å². The summed E-state index contributed by atoms with van der Waals surface area (Å²) in [7, 11) is 0. The van der Waals surface area contributed by atoms with Gasteiger partial charge >= 0.3 is 0 Å². The van der Waals surface area contributed by atoms with Crippen LogP contribution in [0.1, 0.15) is 32.1 Å². The Balaban J connectivity index is 0.00000208. The molecule has 0 bridgehead atoms. The molecule has 24 heavy (non-hydrogen) atoms. The van der Waals surface area contributed by atoms with Gasteiger partial charge in [0.05, 0.1) is 12.6 Å². The Morgan fingerprint density at radius 1 is 1.25 bits per heavy atom. The maximum absolute atomic E-state index is 13.0. The molecule has 1 aromatic rings. The van der Waals surface area contributed by atoms with E-state index in [0.717, 1.165) is 25.0 Å². The SMILES string of the molecule is Cl.O=C(NCCOc1ccc(F)c(F)c1)C1CC2CCCCC2N1. The summed E-state index contributed by atoms with van der Waals surface area (Å²) in [5.74, 6) is -0.974. The van der Waals surface area contributed by atoms with E-state index in [0.29, 0.717) is 18.5 Å². The third-order valence-electron chi connectivity index (χ3n) is 4.74. The Morgan fingerprint density at radius 2 is 2.04 bits per heavy atom. The highest BCUT2D eigenvalue weighted by Crippen LogP contribution is 2.33. The fourth-order valence-corrected chi connectivity index (χ4v) is 3.55. The minimum atomic E-state index is -0.940. The summed E-state index contributed by atoms with van der Waals surface area (Å²) < 4.78 is 31.1. The van der Waals surface area contributed by atoms with Crippen molar-refractivity contribution >= 4 is 18.3 Å². The van der Waals surface area contributed by atoms with E-state index in [1.54, 1.807) is 0 Å². The minimum absolute atomic E-state index is 0. The largest absolute Gasteiger partial charge is 0.492 e. The molecule has 2 fully saturated rings. The van der Waals surface area contributed by atoms with Crippen LogP contribution in [0.3, 0.4) is 0 Å². The van der Waals surface area contributed by atoms with E-state index in [9.17, 15) is 13.6 Å². The van der Waals surface area contributed by atoms with Crippen LogP contribution in [0.15, 0.2) is 18.2 Å². The zero-order chi connectivity index (χ0) is 16.2. The number of fused-ring (bicyclic) bond motifs is 1. The highest BCUT2D eigenvalue weighted by Gasteiger charge is 2.37. The van der Waals surface area contributed by atoms with Crippen molar-refractivity contribution in [2.75, 3.05) is 13.2 Å². The van der Waals surface area contributed by atoms with Crippen molar-refractivity contribution in [1.29, 1.82) is 0 Å². The van der Waals surface area contributed by atoms with Gasteiger partial charge in [-0.15, -0.1) is 12.4 Å². The van der Waals surface area contributed by atoms with Gasteiger partial charge in [-0.2, -0.15) is 0 Å². The van der Waals surface area contributed by atoms with Crippen LogP contribution in [0.2, 0.25) is 0 Å². The summed E-state index contributed by atoms with van der Waals surface area (Å²) in [6, 6.07) is 3.75. The molecule has 134 valence electrons. The van der Waals surface area contributed by atoms with Gasteiger partial charge < -0.3 is 15.4 Å². The van der Waals surface area contributed by atoms with Crippen LogP contribution in [0, 0.1) is 17.6 Å². The second-order valence-electron chi connectivity index (χ2n) is 6.32. The standard InChI is InChI=1S/C17H22F2N2O2.ClH/c18-13-6-5-12(10-14(13)19)23-8-7-20-17(22)16-9-11-3-1-2-4-15(11)21-16;/h5-6,10-11,15-16,21H,1-4,7-9H2,(H,20,22);1H. The maximum atomic E-state index is 13.0. The number of carbonyl (C=O) groups excluding carboxylic acids is 1. The van der Waals surface area contributed by atoms with Crippen molar-refractivity contribution in [3.05, 3.63) is 29.8 Å². The second kappa shape index (κ2) is 8.62. The first-order valence-corrected chi connectivity index (χ1v) is 8.25. The van der Waals surface area contributed by atoms with Crippen molar-refractivity contribution in [3.63, 3.8) is 0 Å². The Hall–Kier alpha value is -1.40. The average molecular weight is 361 g/mol. The maximum Gasteiger partial charge on any atom is 0.237 e. The molecule has 3 rings (SSSR count). The van der Waals surface area contributed by atoms with Crippen LogP contribution in [0.5, 0.6) is 5.75 Å². The number of ether oxygens (including phenoxy) is 1. The Kier molecular flexibility index (Phi) is 6.80. The first-order valence-electron chi connectivity index (χ1n) is 8.25. The van der Waals surface area contributed by atoms with E-state index in [1.807, 2.05) is 0 Å². The van der Waals surface area contributed by atoms with Crippen molar-refractivity contribution < 1.29 is 18.3 Å². The summed E-state index contributed by atoms with van der Waals surface area (Å²) in [4.78, 5) is 12.2. The van der Waals surface area contributed by atoms with Gasteiger partial charge in [0.25, 0.3) is 0 Å². The summed E-state index contributed by atoms with van der Waals surface area (Å²) in [5.41, 5.74) is 0. The van der Waals surface area contributed by atoms with Crippen molar-refractivity contribution in [2.45, 2.75) is 44.2 Å². The molecule has 1 heterocycles. The predicted molar refractivity (Wildman–Crippen MR) is 89.4 cm³/mol. The molecule has 1 aliphatic heterocycles. The topological polar surface area (TPSA) is 50.4 Å². The average Bonchev–Trinajstić information content (AvgIpc) is 2.99. The highest BCUT2D eigenvalue weighted by atomic mass is 35.5. The van der Waals surface area contributed by atoms with E-state index in [2.05, 4.69) is 10.6 Å². The predicted octanol–water partition coefficient (Wildman–Crippen LogP) is 2.80. The lowest BCUT2D eigenvalue weighted by Gasteiger charge is -2.24. The summed E-state index contributed by atoms with van der Waals surface area (Å²) in [6.45, 7) is 0.557. The smallest absolute Gasteiger partial charge is 0.237 e. The molecule has 1 aliphatic carbocycles. The van der Waals surface area contributed by atoms with Gasteiger partial charge in [0.1, 0.15) is 12.4 Å². The number of amides is 1. The molecular formula is C17H23ClF2N2O2. The first kappa shape index (κ1) is 18.9. The summed E-state index contributed by atoms with van der Waals surface area (Å²) in [6.07, 6.45) is 5.78. The van der Waals surface area contributed by atoms with Crippen LogP contribution < -0.4 is 15.4 Å². The number of rotatable bonds is 5. The third kappa shape index (κ3) is 4.57. The van der Waals surface area contributed by atoms with Crippen LogP contribution >= 0.6 is 12.4 Å². The fraction of sp³-hybridized carbons (Fsp3) is 0.588. The number of halogens is 3. The van der Waals surface area contributed by atoms with E-state index >= 15 is 0 Å². The molecular weight excluding hydrogens is 338 g/mol. The lowest BCUT2D eigenvalue weighted by molar-refractivity contribution is -0.123. The van der Waals surface area contributed by atoms with Gasteiger partial charge in [0.15, 0.2) is 11.6 Å². The normalized spacial score (nSPS) is 25.5. The summed E-state index contributed by atoms with van der Waals surface area (Å²) in [5, 5.41) is 6.26. The van der Waals surface area contributed by atoms with Gasteiger partial charge in [0.2, 0.25) is 5.91 Å². The molecule has 1 aromatic carbocycles. The third-order valence-corrected chi connectivity index (χ3v) is 4.74. The molecule has 0 radical (unpaired) electrons. The second-order valence-corrected chi connectivity index (χ2v) is 6.32. The van der Waals surface area contributed by atoms with E-state index in [4.69, 9.17) is 4.74 Å². The number of hydrogen-bond donors (Lipinski definition) is 2. The van der Waals surface area contributed by atoms with Gasteiger partial charge in [-0.1, -0.05) is 12.8 Å². The van der Waals surface area contributed by atoms with E-state index < -0.39 is 11.6 Å². The van der Waals surface area contributed by atoms with Crippen LogP contribution in [0.25, 0.3) is 0 Å². The minimum Gasteiger partial charge on any atom is -0.492 e. The monoisotopic (exact) mass is 360 g/mol. The molecule has 1 saturated heterocycles. The number of nitrogens with one attached hydrogen (secondary N) is 2. The van der Waals surface area contributed by atoms with E-state index in [-0.39, 0.29) is 36.7 Å². The molecule has 4 nitrogen and oxygen atoms in total. The number of carbonyl (C=O) groups is 1. The van der Waals surface area contributed by atoms with Gasteiger partial charge in [-0.05, 0) is 37.3 Å². The lowest BCUT2D eigenvalue weighted by Crippen LogP contribution is -2.44. The molecule has 7 heteroatoms. The molecule has 0 aromatic heterocycles. The molecule has 2 aliphatic rings. The lowest BCUT2D eigenvalue weighted by atomic mass is 9.85. The van der Waals surface area contributed by atoms with Crippen molar-refractivity contribution in [2.24, 2.45) is 5.92 Å². The first-order chi connectivity index (χ1) is 11.1. The quantitative estimate of drug-likeness (QED) is 0.794. The molecule has 3 atom stereocenters. The molecule has 1 saturated carbocycles. The zero-order valence-electron chi connectivity index (χ0n) is 13.4. The van der Waals surface area contributed by atoms with Gasteiger partial charge in [0, 0.05) is 12.1 Å². The Bertz CT molecular complexity index is 560. The van der Waals surface area contributed by atoms with Crippen molar-refractivity contribution in [3.8, 4) is 5.75 Å². The van der Waals surface area contributed by atoms with Crippen LogP contribution in [-0.4, -0.2) is 31.1 Å². The molecule has 3 unspecified atom stereocenters. The van der Waals surface area contributed by atoms with Gasteiger partial charge in [-0.25, -0.2) is 8.78 Å². The number of hydrogen-bond acceptors (Lipinski definition) is 3. The molecule has 2 N–H and O–H groups in total. The molecule has 0 spiro atoms. The summed E-state index contributed by atoms with van der Waals surface area (Å²) >= 11 is 0. The Labute approximate surface area is 146 Å². The highest BCUT2D eigenvalue weighted by molar-refractivity contribution is 5.85. The van der Waals surface area contributed by atoms with E-state index in [1.165, 1.54) is 25.3 Å². The van der Waals surface area contributed by atoms with Crippen molar-refractivity contribution in [1.82, 2.24) is 10.6 Å².